The summed E-state index contributed by atoms with van der Waals surface area (Å²) in [4.78, 5) is 28.1. The third-order valence-corrected chi connectivity index (χ3v) is 8.24. The van der Waals surface area contributed by atoms with Crippen LogP contribution in [0.15, 0.2) is 36.9 Å². The van der Waals surface area contributed by atoms with Crippen molar-refractivity contribution in [3.05, 3.63) is 42.5 Å². The second-order valence-corrected chi connectivity index (χ2v) is 10.8. The number of hydrogen-bond donors (Lipinski definition) is 3. The minimum Gasteiger partial charge on any atom is -0.381 e. The maximum Gasteiger partial charge on any atom is 0.255 e. The topological polar surface area (TPSA) is 112 Å². The van der Waals surface area contributed by atoms with Gasteiger partial charge in [-0.15, -0.1) is 0 Å². The van der Waals surface area contributed by atoms with Crippen molar-refractivity contribution in [2.45, 2.75) is 50.7 Å². The molecule has 0 spiro atoms. The van der Waals surface area contributed by atoms with Crippen molar-refractivity contribution in [3.63, 3.8) is 0 Å². The number of anilines is 1. The first kappa shape index (κ1) is 24.8. The summed E-state index contributed by atoms with van der Waals surface area (Å²) in [5.74, 6) is 1.22. The molecule has 38 heavy (non-hydrogen) atoms. The molecule has 200 valence electrons. The van der Waals surface area contributed by atoms with Gasteiger partial charge in [0.2, 0.25) is 5.95 Å². The standard InChI is InChI=1S/C28H36N8O2/c1-35-10-7-18(8-11-35)14-30-28-31-16-23-22(15-29-26(23)34-28)19-9-12-36-25(13-19)24(17-32-36)27(37)33-20-3-5-21(38-2)6-4-20/h9,12-13,15-18,20-21H,3-8,10-11,14H2,1-2H3,(H,33,37)(H2,29,30,31,34). The smallest absolute Gasteiger partial charge is 0.255 e. The molecular formula is C28H36N8O2. The lowest BCUT2D eigenvalue weighted by molar-refractivity contribution is 0.0599. The molecule has 0 atom stereocenters. The molecule has 0 bridgehead atoms. The molecule has 2 aliphatic rings. The van der Waals surface area contributed by atoms with Gasteiger partial charge in [-0.05, 0) is 82.3 Å². The van der Waals surface area contributed by atoms with Gasteiger partial charge in [0, 0.05) is 49.2 Å². The number of carbonyl (C=O) groups excluding carboxylic acids is 1. The fraction of sp³-hybridized carbons (Fsp3) is 0.500. The van der Waals surface area contributed by atoms with Gasteiger partial charge < -0.3 is 25.3 Å². The van der Waals surface area contributed by atoms with Crippen LogP contribution in [0.25, 0.3) is 27.7 Å². The van der Waals surface area contributed by atoms with Gasteiger partial charge >= 0.3 is 0 Å². The first-order chi connectivity index (χ1) is 18.6. The molecule has 10 heteroatoms. The fourth-order valence-corrected chi connectivity index (χ4v) is 5.76. The number of amides is 1. The van der Waals surface area contributed by atoms with Crippen molar-refractivity contribution in [1.82, 2.24) is 34.8 Å². The highest BCUT2D eigenvalue weighted by Crippen LogP contribution is 2.30. The van der Waals surface area contributed by atoms with E-state index >= 15 is 0 Å². The monoisotopic (exact) mass is 516 g/mol. The average molecular weight is 517 g/mol. The molecule has 10 nitrogen and oxygen atoms in total. The molecule has 1 saturated carbocycles. The Morgan fingerprint density at radius 2 is 1.97 bits per heavy atom. The summed E-state index contributed by atoms with van der Waals surface area (Å²) < 4.78 is 7.20. The first-order valence-electron chi connectivity index (χ1n) is 13.7. The molecule has 5 heterocycles. The number of methoxy groups -OCH3 is 1. The summed E-state index contributed by atoms with van der Waals surface area (Å²) in [5, 5.41) is 12.0. The Balaban J connectivity index is 1.18. The number of H-pyrrole nitrogens is 1. The summed E-state index contributed by atoms with van der Waals surface area (Å²) in [6.45, 7) is 3.18. The number of nitrogens with zero attached hydrogens (tertiary/aromatic N) is 5. The molecular weight excluding hydrogens is 480 g/mol. The fourth-order valence-electron chi connectivity index (χ4n) is 5.76. The number of aromatic amines is 1. The molecule has 0 radical (unpaired) electrons. The lowest BCUT2D eigenvalue weighted by atomic mass is 9.93. The number of fused-ring (bicyclic) bond motifs is 2. The van der Waals surface area contributed by atoms with Gasteiger partial charge in [0.15, 0.2) is 0 Å². The normalized spacial score (nSPS) is 21.2. The number of ether oxygens (including phenoxy) is 1. The van der Waals surface area contributed by atoms with Crippen molar-refractivity contribution in [2.24, 2.45) is 5.92 Å². The molecule has 6 rings (SSSR count). The number of piperidine rings is 1. The van der Waals surface area contributed by atoms with E-state index in [1.807, 2.05) is 30.7 Å². The highest BCUT2D eigenvalue weighted by atomic mass is 16.5. The van der Waals surface area contributed by atoms with Crippen LogP contribution in [0.1, 0.15) is 48.9 Å². The Morgan fingerprint density at radius 1 is 1.16 bits per heavy atom. The number of pyridine rings is 1. The number of aromatic nitrogens is 5. The quantitative estimate of drug-likeness (QED) is 0.343. The molecule has 3 N–H and O–H groups in total. The summed E-state index contributed by atoms with van der Waals surface area (Å²) in [7, 11) is 3.94. The SMILES string of the molecule is COC1CCC(NC(=O)c2cnn3ccc(-c4c[nH]c5nc(NCC6CCN(C)CC6)ncc45)cc23)CC1. The van der Waals surface area contributed by atoms with Crippen LogP contribution < -0.4 is 10.6 Å². The van der Waals surface area contributed by atoms with Gasteiger partial charge in [0.05, 0.1) is 23.4 Å². The molecule has 0 aromatic carbocycles. The summed E-state index contributed by atoms with van der Waals surface area (Å²) in [6, 6.07) is 4.18. The molecule has 0 unspecified atom stereocenters. The van der Waals surface area contributed by atoms with Crippen molar-refractivity contribution >= 4 is 28.4 Å². The lowest BCUT2D eigenvalue weighted by Crippen LogP contribution is -2.38. The predicted molar refractivity (Wildman–Crippen MR) is 147 cm³/mol. The van der Waals surface area contributed by atoms with Crippen LogP contribution in [0.4, 0.5) is 5.95 Å². The van der Waals surface area contributed by atoms with E-state index in [0.29, 0.717) is 23.5 Å². The lowest BCUT2D eigenvalue weighted by Gasteiger charge is -2.28. The molecule has 1 saturated heterocycles. The van der Waals surface area contributed by atoms with Gasteiger partial charge in [0.1, 0.15) is 5.65 Å². The van der Waals surface area contributed by atoms with Gasteiger partial charge in [-0.3, -0.25) is 4.79 Å². The van der Waals surface area contributed by atoms with E-state index < -0.39 is 0 Å². The van der Waals surface area contributed by atoms with Gasteiger partial charge in [-0.2, -0.15) is 10.1 Å². The number of likely N-dealkylation sites (tertiary alicyclic amines) is 1. The molecule has 1 aliphatic carbocycles. The maximum absolute atomic E-state index is 13.1. The Kier molecular flexibility index (Phi) is 6.99. The second kappa shape index (κ2) is 10.7. The molecule has 4 aromatic heterocycles. The number of nitrogens with one attached hydrogen (secondary N) is 3. The number of carbonyl (C=O) groups is 1. The number of hydrogen-bond acceptors (Lipinski definition) is 7. The summed E-state index contributed by atoms with van der Waals surface area (Å²) in [6.07, 6.45) is 13.9. The van der Waals surface area contributed by atoms with Gasteiger partial charge in [-0.25, -0.2) is 9.50 Å². The van der Waals surface area contributed by atoms with Crippen LogP contribution in [0.5, 0.6) is 0 Å². The van der Waals surface area contributed by atoms with Crippen LogP contribution in [0.3, 0.4) is 0 Å². The number of rotatable bonds is 7. The minimum atomic E-state index is -0.0828. The first-order valence-corrected chi connectivity index (χ1v) is 13.7. The van der Waals surface area contributed by atoms with E-state index in [1.165, 1.54) is 12.8 Å². The average Bonchev–Trinajstić information content (AvgIpc) is 3.57. The Bertz CT molecular complexity index is 1410. The van der Waals surface area contributed by atoms with E-state index in [9.17, 15) is 4.79 Å². The van der Waals surface area contributed by atoms with E-state index in [-0.39, 0.29) is 11.9 Å². The van der Waals surface area contributed by atoms with Crippen molar-refractivity contribution in [1.29, 1.82) is 0 Å². The van der Waals surface area contributed by atoms with E-state index in [1.54, 1.807) is 17.8 Å². The Morgan fingerprint density at radius 3 is 2.76 bits per heavy atom. The van der Waals surface area contributed by atoms with E-state index in [0.717, 1.165) is 73.0 Å². The Hall–Kier alpha value is -3.50. The summed E-state index contributed by atoms with van der Waals surface area (Å²) in [5.41, 5.74) is 4.12. The van der Waals surface area contributed by atoms with E-state index in [2.05, 4.69) is 37.6 Å². The molecule has 4 aromatic rings. The zero-order valence-electron chi connectivity index (χ0n) is 22.1. The van der Waals surface area contributed by atoms with Crippen LogP contribution in [-0.2, 0) is 4.74 Å². The van der Waals surface area contributed by atoms with Crippen LogP contribution >= 0.6 is 0 Å². The van der Waals surface area contributed by atoms with Crippen molar-refractivity contribution in [2.75, 3.05) is 39.1 Å². The zero-order valence-corrected chi connectivity index (χ0v) is 22.1. The van der Waals surface area contributed by atoms with E-state index in [4.69, 9.17) is 9.72 Å². The maximum atomic E-state index is 13.1. The van der Waals surface area contributed by atoms with Crippen LogP contribution in [0, 0.1) is 5.92 Å². The highest BCUT2D eigenvalue weighted by molar-refractivity contribution is 6.02. The predicted octanol–water partition coefficient (Wildman–Crippen LogP) is 3.71. The van der Waals surface area contributed by atoms with Gasteiger partial charge in [-0.1, -0.05) is 0 Å². The van der Waals surface area contributed by atoms with Gasteiger partial charge in [0.25, 0.3) is 5.91 Å². The largest absolute Gasteiger partial charge is 0.381 e. The molecule has 2 fully saturated rings. The van der Waals surface area contributed by atoms with Crippen molar-refractivity contribution < 1.29 is 9.53 Å². The van der Waals surface area contributed by atoms with Crippen LogP contribution in [0.2, 0.25) is 0 Å². The zero-order chi connectivity index (χ0) is 26.1. The highest BCUT2D eigenvalue weighted by Gasteiger charge is 2.24. The third kappa shape index (κ3) is 5.10. The summed E-state index contributed by atoms with van der Waals surface area (Å²) >= 11 is 0. The second-order valence-electron chi connectivity index (χ2n) is 10.8. The molecule has 1 amide bonds. The third-order valence-electron chi connectivity index (χ3n) is 8.24. The minimum absolute atomic E-state index is 0.0828. The Labute approximate surface area is 222 Å². The molecule has 1 aliphatic heterocycles. The van der Waals surface area contributed by atoms with Crippen LogP contribution in [-0.4, -0.2) is 81.3 Å². The van der Waals surface area contributed by atoms with Crippen molar-refractivity contribution in [3.8, 4) is 11.1 Å².